The van der Waals surface area contributed by atoms with Crippen LogP contribution in [0.1, 0.15) is 11.5 Å². The van der Waals surface area contributed by atoms with Crippen LogP contribution >= 0.6 is 39.1 Å². The Balaban J connectivity index is 2.39. The van der Waals surface area contributed by atoms with Gasteiger partial charge in [-0.2, -0.15) is 0 Å². The molecule has 0 spiro atoms. The average molecular weight is 425 g/mol. The Morgan fingerprint density at radius 2 is 1.86 bits per heavy atom. The molecule has 1 aromatic carbocycles. The van der Waals surface area contributed by atoms with E-state index in [1.165, 1.54) is 19.1 Å². The number of aromatic nitrogens is 3. The van der Waals surface area contributed by atoms with Crippen LogP contribution in [0.3, 0.4) is 0 Å². The van der Waals surface area contributed by atoms with Gasteiger partial charge in [-0.05, 0) is 41.9 Å². The molecule has 3 rings (SSSR count). The van der Waals surface area contributed by atoms with Crippen LogP contribution in [0.5, 0.6) is 0 Å². The van der Waals surface area contributed by atoms with Gasteiger partial charge < -0.3 is 4.52 Å². The fraction of sp³-hybridized carbons (Fsp3) is 0.167. The van der Waals surface area contributed by atoms with Crippen LogP contribution in [0, 0.1) is 13.8 Å². The Bertz CT molecular complexity index is 991. The minimum absolute atomic E-state index is 0.00132. The molecule has 0 fully saturated rings. The van der Waals surface area contributed by atoms with Crippen molar-refractivity contribution in [1.29, 1.82) is 0 Å². The van der Waals surface area contributed by atoms with E-state index < -0.39 is 10.0 Å². The first-order valence-electron chi connectivity index (χ1n) is 5.95. The summed E-state index contributed by atoms with van der Waals surface area (Å²) in [5, 5.41) is 4.21. The quantitative estimate of drug-likeness (QED) is 0.622. The van der Waals surface area contributed by atoms with Crippen LogP contribution in [0.25, 0.3) is 11.0 Å². The van der Waals surface area contributed by atoms with Gasteiger partial charge in [-0.25, -0.2) is 17.4 Å². The third-order valence-corrected chi connectivity index (χ3v) is 6.52. The number of hydrogen-bond donors (Lipinski definition) is 0. The third-order valence-electron chi connectivity index (χ3n) is 3.08. The number of nitrogens with zero attached hydrogens (tertiary/aromatic N) is 3. The number of benzene rings is 1. The van der Waals surface area contributed by atoms with Gasteiger partial charge in [-0.1, -0.05) is 28.4 Å². The molecule has 2 aromatic heterocycles. The lowest BCUT2D eigenvalue weighted by molar-refractivity contribution is 0.390. The van der Waals surface area contributed by atoms with Gasteiger partial charge in [0, 0.05) is 0 Å². The first-order chi connectivity index (χ1) is 10.2. The summed E-state index contributed by atoms with van der Waals surface area (Å²) in [6.07, 6.45) is 0. The van der Waals surface area contributed by atoms with E-state index in [-0.39, 0.29) is 26.1 Å². The molecule has 0 radical (unpaired) electrons. The van der Waals surface area contributed by atoms with Crippen molar-refractivity contribution in [2.45, 2.75) is 18.7 Å². The van der Waals surface area contributed by atoms with E-state index >= 15 is 0 Å². The van der Waals surface area contributed by atoms with Crippen LogP contribution in [0.2, 0.25) is 10.0 Å². The molecule has 0 N–H and O–H groups in total. The van der Waals surface area contributed by atoms with Gasteiger partial charge in [0.15, 0.2) is 15.4 Å². The van der Waals surface area contributed by atoms with Crippen LogP contribution in [0.15, 0.2) is 26.3 Å². The molecule has 0 aliphatic carbocycles. The zero-order valence-electron chi connectivity index (χ0n) is 11.3. The molecule has 0 aliphatic rings. The fourth-order valence-electron chi connectivity index (χ4n) is 2.19. The van der Waals surface area contributed by atoms with Gasteiger partial charge in [-0.15, -0.1) is 0 Å². The molecule has 116 valence electrons. The van der Waals surface area contributed by atoms with Crippen molar-refractivity contribution in [3.05, 3.63) is 38.4 Å². The van der Waals surface area contributed by atoms with Crippen LogP contribution in [0.4, 0.5) is 0 Å². The molecule has 0 atom stereocenters. The number of aryl methyl sites for hydroxylation is 2. The highest BCUT2D eigenvalue weighted by Gasteiger charge is 2.30. The van der Waals surface area contributed by atoms with Crippen molar-refractivity contribution < 1.29 is 12.9 Å². The summed E-state index contributed by atoms with van der Waals surface area (Å²) in [5.41, 5.74) is 0.976. The van der Waals surface area contributed by atoms with Gasteiger partial charge in [0.1, 0.15) is 5.69 Å². The molecule has 22 heavy (non-hydrogen) atoms. The fourth-order valence-corrected chi connectivity index (χ4v) is 5.09. The van der Waals surface area contributed by atoms with E-state index in [2.05, 4.69) is 26.1 Å². The highest BCUT2D eigenvalue weighted by molar-refractivity contribution is 9.10. The molecule has 10 heteroatoms. The maximum Gasteiger partial charge on any atom is 0.275 e. The number of imidazole rings is 1. The number of hydrogen-bond acceptors (Lipinski definition) is 5. The average Bonchev–Trinajstić information content (AvgIpc) is 2.90. The molecular weight excluding hydrogens is 417 g/mol. The molecule has 0 unspecified atom stereocenters. The van der Waals surface area contributed by atoms with E-state index in [1.807, 2.05) is 0 Å². The second-order valence-electron chi connectivity index (χ2n) is 4.56. The molecule has 6 nitrogen and oxygen atoms in total. The van der Waals surface area contributed by atoms with Crippen molar-refractivity contribution >= 4 is 60.2 Å². The SMILES string of the molecule is Cc1noc(C)c1S(=O)(=O)n1c(Br)nc2cc(Cl)c(Cl)cc21. The van der Waals surface area contributed by atoms with Gasteiger partial charge in [0.2, 0.25) is 0 Å². The van der Waals surface area contributed by atoms with E-state index in [0.29, 0.717) is 16.1 Å². The lowest BCUT2D eigenvalue weighted by Crippen LogP contribution is -2.14. The standard InChI is InChI=1S/C12H8BrCl2N3O3S/c1-5-11(6(2)21-17-5)22(19,20)18-10-4-8(15)7(14)3-9(10)16-12(18)13/h3-4H,1-2H3. The Hall–Kier alpha value is -1.09. The van der Waals surface area contributed by atoms with Gasteiger partial charge in [-0.3, -0.25) is 0 Å². The predicted molar refractivity (Wildman–Crippen MR) is 86.0 cm³/mol. The van der Waals surface area contributed by atoms with Crippen LogP contribution in [-0.4, -0.2) is 22.5 Å². The summed E-state index contributed by atoms with van der Waals surface area (Å²) in [5.74, 6) is 0.200. The molecular formula is C12H8BrCl2N3O3S. The van der Waals surface area contributed by atoms with Crippen molar-refractivity contribution in [2.24, 2.45) is 0 Å². The molecule has 0 saturated heterocycles. The Morgan fingerprint density at radius 1 is 1.23 bits per heavy atom. The van der Waals surface area contributed by atoms with Gasteiger partial charge >= 0.3 is 0 Å². The number of halogens is 3. The highest BCUT2D eigenvalue weighted by atomic mass is 79.9. The van der Waals surface area contributed by atoms with Crippen LogP contribution < -0.4 is 0 Å². The molecule has 0 aliphatic heterocycles. The topological polar surface area (TPSA) is 78.0 Å². The monoisotopic (exact) mass is 423 g/mol. The van der Waals surface area contributed by atoms with E-state index in [4.69, 9.17) is 27.7 Å². The van der Waals surface area contributed by atoms with Gasteiger partial charge in [0.05, 0.1) is 21.1 Å². The largest absolute Gasteiger partial charge is 0.360 e. The maximum atomic E-state index is 12.9. The Kier molecular flexibility index (Phi) is 3.75. The van der Waals surface area contributed by atoms with Crippen molar-refractivity contribution in [2.75, 3.05) is 0 Å². The van der Waals surface area contributed by atoms with E-state index in [0.717, 1.165) is 3.97 Å². The van der Waals surface area contributed by atoms with E-state index in [1.54, 1.807) is 6.92 Å². The summed E-state index contributed by atoms with van der Waals surface area (Å²) < 4.78 is 32.0. The van der Waals surface area contributed by atoms with Crippen LogP contribution in [-0.2, 0) is 10.0 Å². The lowest BCUT2D eigenvalue weighted by atomic mass is 10.3. The van der Waals surface area contributed by atoms with Crippen molar-refractivity contribution in [3.8, 4) is 0 Å². The first kappa shape index (κ1) is 15.8. The normalized spacial score (nSPS) is 12.2. The highest BCUT2D eigenvalue weighted by Crippen LogP contribution is 2.33. The molecule has 3 aromatic rings. The molecule has 0 saturated carbocycles. The lowest BCUT2D eigenvalue weighted by Gasteiger charge is -2.07. The van der Waals surface area contributed by atoms with E-state index in [9.17, 15) is 8.42 Å². The zero-order chi connectivity index (χ0) is 16.2. The second kappa shape index (κ2) is 5.23. The van der Waals surface area contributed by atoms with Crippen molar-refractivity contribution in [3.63, 3.8) is 0 Å². The predicted octanol–water partition coefficient (Wildman–Crippen LogP) is 3.95. The maximum absolute atomic E-state index is 12.9. The summed E-state index contributed by atoms with van der Waals surface area (Å²) in [6.45, 7) is 3.09. The summed E-state index contributed by atoms with van der Waals surface area (Å²) in [4.78, 5) is 4.16. The molecule has 2 heterocycles. The smallest absolute Gasteiger partial charge is 0.275 e. The summed E-state index contributed by atoms with van der Waals surface area (Å²) in [6, 6.07) is 2.95. The Morgan fingerprint density at radius 3 is 2.45 bits per heavy atom. The second-order valence-corrected chi connectivity index (χ2v) is 7.81. The zero-order valence-corrected chi connectivity index (χ0v) is 15.2. The third kappa shape index (κ3) is 2.25. The number of rotatable bonds is 2. The van der Waals surface area contributed by atoms with Crippen molar-refractivity contribution in [1.82, 2.24) is 14.1 Å². The van der Waals surface area contributed by atoms with Gasteiger partial charge in [0.25, 0.3) is 10.0 Å². The summed E-state index contributed by atoms with van der Waals surface area (Å²) >= 11 is 15.1. The molecule has 0 bridgehead atoms. The minimum atomic E-state index is -3.95. The minimum Gasteiger partial charge on any atom is -0.360 e. The molecule has 0 amide bonds. The summed E-state index contributed by atoms with van der Waals surface area (Å²) in [7, 11) is -3.95. The Labute approximate surface area is 144 Å². The number of fused-ring (bicyclic) bond motifs is 1. The first-order valence-corrected chi connectivity index (χ1v) is 8.94.